The van der Waals surface area contributed by atoms with Crippen LogP contribution in [-0.2, 0) is 6.54 Å². The lowest BCUT2D eigenvalue weighted by molar-refractivity contribution is 0.658. The van der Waals surface area contributed by atoms with Gasteiger partial charge in [-0.15, -0.1) is 0 Å². The summed E-state index contributed by atoms with van der Waals surface area (Å²) in [5, 5.41) is 4.39. The van der Waals surface area contributed by atoms with Crippen molar-refractivity contribution < 1.29 is 0 Å². The third-order valence-electron chi connectivity index (χ3n) is 2.76. The van der Waals surface area contributed by atoms with Gasteiger partial charge in [-0.05, 0) is 19.9 Å². The van der Waals surface area contributed by atoms with Crippen LogP contribution in [0.2, 0.25) is 0 Å². The molecule has 7 heteroatoms. The molecule has 0 aromatic carbocycles. The van der Waals surface area contributed by atoms with Crippen LogP contribution in [0.1, 0.15) is 12.6 Å². The zero-order chi connectivity index (χ0) is 12.7. The maximum atomic E-state index is 5.78. The number of hydrogen-bond donors (Lipinski definition) is 2. The first-order valence-corrected chi connectivity index (χ1v) is 5.70. The number of imidazole rings is 1. The van der Waals surface area contributed by atoms with Crippen LogP contribution in [0.25, 0.3) is 22.7 Å². The molecule has 0 saturated heterocycles. The third-order valence-corrected chi connectivity index (χ3v) is 2.76. The molecule has 0 unspecified atom stereocenters. The van der Waals surface area contributed by atoms with Crippen LogP contribution in [-0.4, -0.2) is 29.7 Å². The van der Waals surface area contributed by atoms with Crippen molar-refractivity contribution in [2.75, 3.05) is 5.73 Å². The fourth-order valence-electron chi connectivity index (χ4n) is 1.94. The molecule has 3 aromatic rings. The van der Waals surface area contributed by atoms with Crippen LogP contribution >= 0.6 is 0 Å². The topological polar surface area (TPSA) is 98.3 Å². The molecule has 0 atom stereocenters. The average Bonchev–Trinajstić information content (AvgIpc) is 2.92. The van der Waals surface area contributed by atoms with E-state index in [1.807, 2.05) is 24.6 Å². The van der Waals surface area contributed by atoms with Crippen molar-refractivity contribution in [3.05, 3.63) is 18.1 Å². The van der Waals surface area contributed by atoms with Gasteiger partial charge in [-0.2, -0.15) is 5.10 Å². The van der Waals surface area contributed by atoms with Crippen LogP contribution in [0.5, 0.6) is 0 Å². The Kier molecular flexibility index (Phi) is 2.26. The normalized spacial score (nSPS) is 11.2. The summed E-state index contributed by atoms with van der Waals surface area (Å²) in [6, 6.07) is 1.98. The molecule has 0 aliphatic rings. The van der Waals surface area contributed by atoms with E-state index >= 15 is 0 Å². The minimum absolute atomic E-state index is 0.401. The van der Waals surface area contributed by atoms with Crippen molar-refractivity contribution in [3.8, 4) is 11.5 Å². The molecule has 0 radical (unpaired) electrons. The number of nitrogens with zero attached hydrogens (tertiary/aromatic N) is 5. The second-order valence-electron chi connectivity index (χ2n) is 4.03. The summed E-state index contributed by atoms with van der Waals surface area (Å²) in [6.45, 7) is 4.76. The monoisotopic (exact) mass is 243 g/mol. The highest BCUT2D eigenvalue weighted by atomic mass is 15.3. The van der Waals surface area contributed by atoms with Gasteiger partial charge in [0.2, 0.25) is 0 Å². The summed E-state index contributed by atoms with van der Waals surface area (Å²) >= 11 is 0. The van der Waals surface area contributed by atoms with E-state index < -0.39 is 0 Å². The molecule has 92 valence electrons. The minimum atomic E-state index is 0.401. The largest absolute Gasteiger partial charge is 0.382 e. The maximum absolute atomic E-state index is 5.78. The number of hydrogen-bond acceptors (Lipinski definition) is 5. The molecule has 0 aliphatic carbocycles. The highest BCUT2D eigenvalue weighted by molar-refractivity contribution is 5.83. The van der Waals surface area contributed by atoms with E-state index in [4.69, 9.17) is 5.73 Å². The van der Waals surface area contributed by atoms with Gasteiger partial charge in [-0.3, -0.25) is 4.68 Å². The van der Waals surface area contributed by atoms with Gasteiger partial charge in [0.05, 0.1) is 5.69 Å². The summed E-state index contributed by atoms with van der Waals surface area (Å²) in [4.78, 5) is 15.6. The van der Waals surface area contributed by atoms with Crippen molar-refractivity contribution >= 4 is 17.0 Å². The van der Waals surface area contributed by atoms with Crippen LogP contribution in [0.4, 0.5) is 5.82 Å². The van der Waals surface area contributed by atoms with Gasteiger partial charge in [-0.25, -0.2) is 15.0 Å². The van der Waals surface area contributed by atoms with Gasteiger partial charge >= 0.3 is 0 Å². The summed E-state index contributed by atoms with van der Waals surface area (Å²) in [5.41, 5.74) is 8.88. The fourth-order valence-corrected chi connectivity index (χ4v) is 1.94. The second kappa shape index (κ2) is 3.80. The Morgan fingerprint density at radius 1 is 1.39 bits per heavy atom. The number of fused-ring (bicyclic) bond motifs is 1. The number of H-pyrrole nitrogens is 1. The number of nitrogens with two attached hydrogens (primary N) is 1. The summed E-state index contributed by atoms with van der Waals surface area (Å²) in [7, 11) is 0. The molecule has 7 nitrogen and oxygen atoms in total. The highest BCUT2D eigenvalue weighted by Gasteiger charge is 2.13. The first kappa shape index (κ1) is 10.7. The van der Waals surface area contributed by atoms with Gasteiger partial charge < -0.3 is 10.7 Å². The lowest BCUT2D eigenvalue weighted by atomic mass is 10.3. The molecule has 0 aliphatic heterocycles. The van der Waals surface area contributed by atoms with Crippen LogP contribution in [0.3, 0.4) is 0 Å². The molecule has 3 N–H and O–H groups in total. The van der Waals surface area contributed by atoms with E-state index in [9.17, 15) is 0 Å². The lowest BCUT2D eigenvalue weighted by Crippen LogP contribution is -1.99. The first-order valence-electron chi connectivity index (χ1n) is 5.70. The minimum Gasteiger partial charge on any atom is -0.382 e. The number of anilines is 1. The predicted molar refractivity (Wildman–Crippen MR) is 67.7 cm³/mol. The van der Waals surface area contributed by atoms with E-state index in [2.05, 4.69) is 25.0 Å². The average molecular weight is 243 g/mol. The van der Waals surface area contributed by atoms with E-state index in [1.54, 1.807) is 0 Å². The van der Waals surface area contributed by atoms with Crippen molar-refractivity contribution in [1.82, 2.24) is 29.7 Å². The number of aryl methyl sites for hydroxylation is 2. The number of aromatic amines is 1. The molecule has 3 aromatic heterocycles. The molecule has 3 rings (SSSR count). The quantitative estimate of drug-likeness (QED) is 0.703. The Morgan fingerprint density at radius 2 is 2.22 bits per heavy atom. The number of rotatable bonds is 2. The Hall–Kier alpha value is -2.44. The van der Waals surface area contributed by atoms with E-state index in [0.29, 0.717) is 22.8 Å². The molecule has 18 heavy (non-hydrogen) atoms. The zero-order valence-corrected chi connectivity index (χ0v) is 10.2. The highest BCUT2D eigenvalue weighted by Crippen LogP contribution is 2.22. The molecule has 0 saturated carbocycles. The fraction of sp³-hybridized carbons (Fsp3) is 0.273. The maximum Gasteiger partial charge on any atom is 0.183 e. The van der Waals surface area contributed by atoms with Crippen molar-refractivity contribution in [1.29, 1.82) is 0 Å². The van der Waals surface area contributed by atoms with Crippen LogP contribution in [0, 0.1) is 6.92 Å². The first-order chi connectivity index (χ1) is 8.69. The van der Waals surface area contributed by atoms with Gasteiger partial charge in [0.1, 0.15) is 17.5 Å². The Balaban J connectivity index is 2.22. The van der Waals surface area contributed by atoms with Gasteiger partial charge in [0.15, 0.2) is 17.3 Å². The number of nitrogens with one attached hydrogen (secondary N) is 1. The molecule has 0 bridgehead atoms. The van der Waals surface area contributed by atoms with Gasteiger partial charge in [0, 0.05) is 6.54 Å². The summed E-state index contributed by atoms with van der Waals surface area (Å²) < 4.78 is 1.89. The Morgan fingerprint density at radius 3 is 2.94 bits per heavy atom. The molecular formula is C11H13N7. The van der Waals surface area contributed by atoms with Gasteiger partial charge in [0.25, 0.3) is 0 Å². The summed E-state index contributed by atoms with van der Waals surface area (Å²) in [5.74, 6) is 1.11. The van der Waals surface area contributed by atoms with Gasteiger partial charge in [-0.1, -0.05) is 0 Å². The van der Waals surface area contributed by atoms with E-state index in [-0.39, 0.29) is 0 Å². The SMILES string of the molecule is CCn1nc(C)cc1-c1nc2ncnc(N)c2[nH]1. The van der Waals surface area contributed by atoms with E-state index in [0.717, 1.165) is 17.9 Å². The smallest absolute Gasteiger partial charge is 0.183 e. The van der Waals surface area contributed by atoms with Crippen LogP contribution < -0.4 is 5.73 Å². The summed E-state index contributed by atoms with van der Waals surface area (Å²) in [6.07, 6.45) is 1.41. The molecular weight excluding hydrogens is 230 g/mol. The third kappa shape index (κ3) is 1.52. The molecule has 0 amide bonds. The van der Waals surface area contributed by atoms with Crippen LogP contribution in [0.15, 0.2) is 12.4 Å². The number of aromatic nitrogens is 6. The van der Waals surface area contributed by atoms with E-state index in [1.165, 1.54) is 6.33 Å². The van der Waals surface area contributed by atoms with Crippen molar-refractivity contribution in [2.45, 2.75) is 20.4 Å². The van der Waals surface area contributed by atoms with Crippen molar-refractivity contribution in [2.24, 2.45) is 0 Å². The zero-order valence-electron chi connectivity index (χ0n) is 10.2. The molecule has 3 heterocycles. The molecule has 0 spiro atoms. The Bertz CT molecular complexity index is 709. The van der Waals surface area contributed by atoms with Crippen molar-refractivity contribution in [3.63, 3.8) is 0 Å². The standard InChI is InChI=1S/C11H13N7/c1-3-18-7(4-6(2)17-18)10-15-8-9(12)13-5-14-11(8)16-10/h4-5H,3H2,1-2H3,(H3,12,13,14,15,16). The molecule has 0 fully saturated rings. The lowest BCUT2D eigenvalue weighted by Gasteiger charge is -1.99. The second-order valence-corrected chi connectivity index (χ2v) is 4.03. The Labute approximate surface area is 103 Å². The number of nitrogen functional groups attached to an aromatic ring is 1. The predicted octanol–water partition coefficient (Wildman–Crippen LogP) is 1.13.